The van der Waals surface area contributed by atoms with E-state index in [0.29, 0.717) is 0 Å². The van der Waals surface area contributed by atoms with Gasteiger partial charge in [-0.2, -0.15) is 0 Å². The summed E-state index contributed by atoms with van der Waals surface area (Å²) in [5, 5.41) is 0. The molecule has 0 aliphatic rings. The highest BCUT2D eigenvalue weighted by Crippen LogP contribution is 2.05. The van der Waals surface area contributed by atoms with Crippen LogP contribution in [0.2, 0.25) is 0 Å². The first kappa shape index (κ1) is 16.1. The molecule has 0 amide bonds. The second-order valence-electron chi connectivity index (χ2n) is 3.99. The number of esters is 1. The van der Waals surface area contributed by atoms with Gasteiger partial charge in [-0.25, -0.2) is 21.6 Å². The van der Waals surface area contributed by atoms with Gasteiger partial charge in [-0.1, -0.05) is 6.58 Å². The predicted octanol–water partition coefficient (Wildman–Crippen LogP) is -0.436. The predicted molar refractivity (Wildman–Crippen MR) is 64.1 cm³/mol. The van der Waals surface area contributed by atoms with Crippen molar-refractivity contribution in [3.8, 4) is 0 Å². The normalized spacial score (nSPS) is 12.5. The summed E-state index contributed by atoms with van der Waals surface area (Å²) in [5.41, 5.74) is 0.0806. The largest absolute Gasteiger partial charge is 0.457 e. The van der Waals surface area contributed by atoms with Crippen LogP contribution in [0, 0.1) is 0 Å². The molecule has 0 aromatic carbocycles. The van der Waals surface area contributed by atoms with Crippen LogP contribution < -0.4 is 0 Å². The maximum Gasteiger partial charge on any atom is 0.333 e. The Morgan fingerprint density at radius 3 is 1.71 bits per heavy atom. The van der Waals surface area contributed by atoms with Crippen molar-refractivity contribution in [2.45, 2.75) is 13.0 Å². The number of ether oxygens (including phenoxy) is 1. The van der Waals surface area contributed by atoms with E-state index >= 15 is 0 Å². The first-order valence-electron chi connectivity index (χ1n) is 4.62. The summed E-state index contributed by atoms with van der Waals surface area (Å²) in [5.74, 6) is -1.86. The van der Waals surface area contributed by atoms with Gasteiger partial charge >= 0.3 is 5.97 Å². The summed E-state index contributed by atoms with van der Waals surface area (Å²) < 4.78 is 49.0. The van der Waals surface area contributed by atoms with E-state index in [1.165, 1.54) is 6.92 Å². The summed E-state index contributed by atoms with van der Waals surface area (Å²) in [6.45, 7) is 4.72. The van der Waals surface area contributed by atoms with E-state index in [-0.39, 0.29) is 5.57 Å². The molecule has 8 heteroatoms. The quantitative estimate of drug-likeness (QED) is 0.485. The van der Waals surface area contributed by atoms with Crippen LogP contribution in [0.5, 0.6) is 0 Å². The maximum atomic E-state index is 11.2. The smallest absolute Gasteiger partial charge is 0.333 e. The summed E-state index contributed by atoms with van der Waals surface area (Å²) >= 11 is 0. The SMILES string of the molecule is C=C(C)C(=O)OC(CS(C)(=O)=O)CS(C)(=O)=O. The van der Waals surface area contributed by atoms with Crippen LogP contribution in [0.15, 0.2) is 12.2 Å². The fourth-order valence-corrected chi connectivity index (χ4v) is 2.92. The van der Waals surface area contributed by atoms with Crippen molar-refractivity contribution in [2.24, 2.45) is 0 Å². The zero-order chi connectivity index (χ0) is 13.9. The lowest BCUT2D eigenvalue weighted by atomic mass is 10.3. The van der Waals surface area contributed by atoms with Gasteiger partial charge in [-0.15, -0.1) is 0 Å². The first-order valence-corrected chi connectivity index (χ1v) is 8.75. The Bertz CT molecular complexity index is 466. The second-order valence-corrected chi connectivity index (χ2v) is 8.36. The van der Waals surface area contributed by atoms with Crippen molar-refractivity contribution >= 4 is 25.6 Å². The van der Waals surface area contributed by atoms with Gasteiger partial charge in [0.1, 0.15) is 6.10 Å². The average molecular weight is 284 g/mol. The number of sulfone groups is 2. The molecule has 0 radical (unpaired) electrons. The summed E-state index contributed by atoms with van der Waals surface area (Å²) in [4.78, 5) is 11.2. The molecule has 0 bridgehead atoms. The number of hydrogen-bond donors (Lipinski definition) is 0. The van der Waals surface area contributed by atoms with E-state index in [1.54, 1.807) is 0 Å². The van der Waals surface area contributed by atoms with Crippen molar-refractivity contribution in [1.82, 2.24) is 0 Å². The Morgan fingerprint density at radius 1 is 1.12 bits per heavy atom. The van der Waals surface area contributed by atoms with Crippen molar-refractivity contribution in [3.05, 3.63) is 12.2 Å². The van der Waals surface area contributed by atoms with Crippen LogP contribution in [-0.4, -0.2) is 52.9 Å². The van der Waals surface area contributed by atoms with Crippen molar-refractivity contribution < 1.29 is 26.4 Å². The van der Waals surface area contributed by atoms with Crippen LogP contribution in [0.3, 0.4) is 0 Å². The fourth-order valence-electron chi connectivity index (χ4n) is 1.04. The van der Waals surface area contributed by atoms with Crippen molar-refractivity contribution in [3.63, 3.8) is 0 Å². The first-order chi connectivity index (χ1) is 7.41. The van der Waals surface area contributed by atoms with Gasteiger partial charge in [0.15, 0.2) is 19.7 Å². The molecule has 0 atom stereocenters. The molecule has 0 saturated carbocycles. The lowest BCUT2D eigenvalue weighted by molar-refractivity contribution is -0.142. The van der Waals surface area contributed by atoms with Crippen LogP contribution in [0.25, 0.3) is 0 Å². The van der Waals surface area contributed by atoms with Crippen LogP contribution in [0.4, 0.5) is 0 Å². The lowest BCUT2D eigenvalue weighted by Crippen LogP contribution is -2.33. The molecule has 0 aliphatic heterocycles. The van der Waals surface area contributed by atoms with Gasteiger partial charge in [0.2, 0.25) is 0 Å². The van der Waals surface area contributed by atoms with E-state index in [1.807, 2.05) is 0 Å². The van der Waals surface area contributed by atoms with Crippen LogP contribution in [0.1, 0.15) is 6.92 Å². The Kier molecular flexibility index (Phi) is 5.34. The number of hydrogen-bond acceptors (Lipinski definition) is 6. The third kappa shape index (κ3) is 8.87. The molecule has 6 nitrogen and oxygen atoms in total. The highest BCUT2D eigenvalue weighted by molar-refractivity contribution is 7.91. The highest BCUT2D eigenvalue weighted by Gasteiger charge is 2.24. The zero-order valence-corrected chi connectivity index (χ0v) is 11.6. The molecule has 0 heterocycles. The van der Waals surface area contributed by atoms with Gasteiger partial charge in [-0.3, -0.25) is 0 Å². The molecule has 0 unspecified atom stereocenters. The molecule has 0 aliphatic carbocycles. The van der Waals surface area contributed by atoms with Crippen LogP contribution in [-0.2, 0) is 29.2 Å². The highest BCUT2D eigenvalue weighted by atomic mass is 32.2. The minimum atomic E-state index is -3.44. The Labute approximate surface area is 101 Å². The minimum absolute atomic E-state index is 0.0806. The lowest BCUT2D eigenvalue weighted by Gasteiger charge is -2.16. The van der Waals surface area contributed by atoms with Crippen LogP contribution >= 0.6 is 0 Å². The summed E-state index contributed by atoms with van der Waals surface area (Å²) in [6.07, 6.45) is 0.678. The molecule has 17 heavy (non-hydrogen) atoms. The van der Waals surface area contributed by atoms with E-state index in [9.17, 15) is 21.6 Å². The number of carbonyl (C=O) groups excluding carboxylic acids is 1. The third-order valence-electron chi connectivity index (χ3n) is 1.60. The van der Waals surface area contributed by atoms with Gasteiger partial charge in [0.25, 0.3) is 0 Å². The molecule has 0 rings (SSSR count). The van der Waals surface area contributed by atoms with E-state index < -0.39 is 43.3 Å². The minimum Gasteiger partial charge on any atom is -0.457 e. The monoisotopic (exact) mass is 284 g/mol. The van der Waals surface area contributed by atoms with E-state index in [0.717, 1.165) is 12.5 Å². The Morgan fingerprint density at radius 2 is 1.47 bits per heavy atom. The molecule has 100 valence electrons. The van der Waals surface area contributed by atoms with E-state index in [4.69, 9.17) is 4.74 Å². The molecule has 0 N–H and O–H groups in total. The van der Waals surface area contributed by atoms with Gasteiger partial charge < -0.3 is 4.74 Å². The molecular weight excluding hydrogens is 268 g/mol. The Hall–Kier alpha value is -0.890. The Balaban J connectivity index is 4.87. The van der Waals surface area contributed by atoms with Crippen molar-refractivity contribution in [1.29, 1.82) is 0 Å². The molecular formula is C9H16O6S2. The van der Waals surface area contributed by atoms with Gasteiger partial charge in [-0.05, 0) is 6.92 Å². The van der Waals surface area contributed by atoms with E-state index in [2.05, 4.69) is 6.58 Å². The zero-order valence-electron chi connectivity index (χ0n) is 9.96. The second kappa shape index (κ2) is 5.63. The molecule has 0 spiro atoms. The fraction of sp³-hybridized carbons (Fsp3) is 0.667. The molecule has 0 saturated heterocycles. The number of carbonyl (C=O) groups is 1. The third-order valence-corrected chi connectivity index (χ3v) is 3.55. The topological polar surface area (TPSA) is 94.6 Å². The van der Waals surface area contributed by atoms with Gasteiger partial charge in [0.05, 0.1) is 11.5 Å². The summed E-state index contributed by atoms with van der Waals surface area (Å²) in [7, 11) is -6.88. The molecule has 0 aromatic rings. The maximum absolute atomic E-state index is 11.2. The average Bonchev–Trinajstić information content (AvgIpc) is 1.96. The van der Waals surface area contributed by atoms with Gasteiger partial charge in [0, 0.05) is 18.1 Å². The summed E-state index contributed by atoms with van der Waals surface area (Å²) in [6, 6.07) is 0. The standard InChI is InChI=1S/C9H16O6S2/c1-7(2)9(10)15-8(5-16(3,11)12)6-17(4,13)14/h8H,1,5-6H2,2-4H3. The van der Waals surface area contributed by atoms with Crippen molar-refractivity contribution in [2.75, 3.05) is 24.0 Å². The molecule has 0 fully saturated rings. The molecule has 0 aromatic heterocycles. The number of rotatable bonds is 6.